The summed E-state index contributed by atoms with van der Waals surface area (Å²) in [4.78, 5) is 9.13. The van der Waals surface area contributed by atoms with Gasteiger partial charge in [0, 0.05) is 51.7 Å². The van der Waals surface area contributed by atoms with Crippen molar-refractivity contribution >= 4 is 0 Å². The molecule has 0 bridgehead atoms. The molecular formula is C15H25N3O. The molecule has 4 nitrogen and oxygen atoms in total. The van der Waals surface area contributed by atoms with Crippen molar-refractivity contribution in [2.75, 3.05) is 39.3 Å². The summed E-state index contributed by atoms with van der Waals surface area (Å²) in [6, 6.07) is 2.28. The first kappa shape index (κ1) is 14.4. The average molecular weight is 263 g/mol. The van der Waals surface area contributed by atoms with Gasteiger partial charge in [0.25, 0.3) is 0 Å². The second kappa shape index (κ2) is 6.98. The lowest BCUT2D eigenvalue weighted by Gasteiger charge is -2.34. The Kier molecular flexibility index (Phi) is 5.31. The summed E-state index contributed by atoms with van der Waals surface area (Å²) in [7, 11) is 0. The molecule has 0 unspecified atom stereocenters. The maximum absolute atomic E-state index is 8.94. The Labute approximate surface area is 116 Å². The molecule has 0 saturated carbocycles. The number of nitrogens with zero attached hydrogens (tertiary/aromatic N) is 3. The number of aromatic nitrogens is 1. The monoisotopic (exact) mass is 263 g/mol. The summed E-state index contributed by atoms with van der Waals surface area (Å²) in [6.07, 6.45) is 3.94. The van der Waals surface area contributed by atoms with Gasteiger partial charge >= 0.3 is 0 Å². The molecule has 2 rings (SSSR count). The van der Waals surface area contributed by atoms with E-state index in [2.05, 4.69) is 34.7 Å². The lowest BCUT2D eigenvalue weighted by Crippen LogP contribution is -2.46. The van der Waals surface area contributed by atoms with E-state index >= 15 is 0 Å². The van der Waals surface area contributed by atoms with Crippen LogP contribution < -0.4 is 0 Å². The highest BCUT2D eigenvalue weighted by Crippen LogP contribution is 2.15. The van der Waals surface area contributed by atoms with Crippen molar-refractivity contribution in [2.24, 2.45) is 0 Å². The molecule has 2 heterocycles. The van der Waals surface area contributed by atoms with E-state index in [9.17, 15) is 0 Å². The molecule has 19 heavy (non-hydrogen) atoms. The van der Waals surface area contributed by atoms with Gasteiger partial charge in [0.1, 0.15) is 0 Å². The Morgan fingerprint density at radius 2 is 1.84 bits per heavy atom. The molecule has 1 N–H and O–H groups in total. The highest BCUT2D eigenvalue weighted by Gasteiger charge is 2.16. The summed E-state index contributed by atoms with van der Waals surface area (Å²) >= 11 is 0. The van der Waals surface area contributed by atoms with Crippen molar-refractivity contribution in [3.63, 3.8) is 0 Å². The molecule has 1 aliphatic heterocycles. The van der Waals surface area contributed by atoms with E-state index in [1.807, 2.05) is 12.4 Å². The maximum Gasteiger partial charge on any atom is 0.0558 e. The third kappa shape index (κ3) is 4.27. The van der Waals surface area contributed by atoms with Crippen LogP contribution in [-0.2, 0) is 6.54 Å². The zero-order chi connectivity index (χ0) is 13.7. The third-order valence-electron chi connectivity index (χ3n) is 3.77. The summed E-state index contributed by atoms with van der Waals surface area (Å²) < 4.78 is 0. The molecule has 1 aromatic heterocycles. The number of hydrogen-bond donors (Lipinski definition) is 1. The van der Waals surface area contributed by atoms with Gasteiger partial charge in [-0.25, -0.2) is 0 Å². The molecule has 0 aliphatic carbocycles. The summed E-state index contributed by atoms with van der Waals surface area (Å²) in [5.41, 5.74) is 2.62. The largest absolute Gasteiger partial charge is 0.395 e. The smallest absolute Gasteiger partial charge is 0.0558 e. The molecular weight excluding hydrogens is 238 g/mol. The fraction of sp³-hybridized carbons (Fsp3) is 0.667. The lowest BCUT2D eigenvalue weighted by molar-refractivity contribution is 0.108. The average Bonchev–Trinajstić information content (AvgIpc) is 2.42. The summed E-state index contributed by atoms with van der Waals surface area (Å²) in [5.74, 6) is 0.536. The molecule has 106 valence electrons. The van der Waals surface area contributed by atoms with Gasteiger partial charge in [-0.05, 0) is 17.0 Å². The van der Waals surface area contributed by atoms with Crippen LogP contribution in [0.2, 0.25) is 0 Å². The van der Waals surface area contributed by atoms with E-state index in [0.717, 1.165) is 39.3 Å². The van der Waals surface area contributed by atoms with E-state index in [-0.39, 0.29) is 6.61 Å². The topological polar surface area (TPSA) is 39.6 Å². The fourth-order valence-electron chi connectivity index (χ4n) is 2.48. The minimum absolute atomic E-state index is 0.264. The quantitative estimate of drug-likeness (QED) is 0.869. The zero-order valence-corrected chi connectivity index (χ0v) is 12.0. The first-order valence-electron chi connectivity index (χ1n) is 7.18. The third-order valence-corrected chi connectivity index (χ3v) is 3.77. The predicted octanol–water partition coefficient (Wildman–Crippen LogP) is 1.31. The van der Waals surface area contributed by atoms with Gasteiger partial charge in [0.05, 0.1) is 6.61 Å². The van der Waals surface area contributed by atoms with Crippen LogP contribution in [0.15, 0.2) is 18.5 Å². The number of piperazine rings is 1. The van der Waals surface area contributed by atoms with E-state index < -0.39 is 0 Å². The van der Waals surface area contributed by atoms with Crippen LogP contribution in [0.4, 0.5) is 0 Å². The standard InChI is InChI=1S/C15H25N3O/c1-13(2)15-9-14(10-16-11-15)12-18-5-3-17(4-6-18)7-8-19/h9-11,13,19H,3-8,12H2,1-2H3. The molecule has 1 aromatic rings. The lowest BCUT2D eigenvalue weighted by atomic mass is 10.0. The Hall–Kier alpha value is -0.970. The number of β-amino-alcohol motifs (C(OH)–C–C–N with tert-alkyl or cyclic N) is 1. The molecule has 4 heteroatoms. The van der Waals surface area contributed by atoms with E-state index in [1.54, 1.807) is 0 Å². The van der Waals surface area contributed by atoms with Crippen LogP contribution in [0, 0.1) is 0 Å². The first-order chi connectivity index (χ1) is 9.19. The van der Waals surface area contributed by atoms with Crippen molar-refractivity contribution in [2.45, 2.75) is 26.3 Å². The molecule has 1 aliphatic rings. The summed E-state index contributed by atoms with van der Waals surface area (Å²) in [5, 5.41) is 8.94. The van der Waals surface area contributed by atoms with Gasteiger partial charge in [0.15, 0.2) is 0 Å². The van der Waals surface area contributed by atoms with Crippen molar-refractivity contribution < 1.29 is 5.11 Å². The van der Waals surface area contributed by atoms with E-state index in [0.29, 0.717) is 5.92 Å². The van der Waals surface area contributed by atoms with Crippen LogP contribution in [0.5, 0.6) is 0 Å². The SMILES string of the molecule is CC(C)c1cncc(CN2CCN(CCO)CC2)c1. The molecule has 0 amide bonds. The van der Waals surface area contributed by atoms with Crippen molar-refractivity contribution in [1.82, 2.24) is 14.8 Å². The van der Waals surface area contributed by atoms with Gasteiger partial charge in [-0.3, -0.25) is 14.8 Å². The minimum atomic E-state index is 0.264. The number of aliphatic hydroxyl groups excluding tert-OH is 1. The van der Waals surface area contributed by atoms with Crippen LogP contribution in [0.3, 0.4) is 0 Å². The molecule has 1 fully saturated rings. The number of pyridine rings is 1. The molecule has 0 spiro atoms. The number of rotatable bonds is 5. The Balaban J connectivity index is 1.87. The fourth-order valence-corrected chi connectivity index (χ4v) is 2.48. The second-order valence-corrected chi connectivity index (χ2v) is 5.62. The first-order valence-corrected chi connectivity index (χ1v) is 7.18. The van der Waals surface area contributed by atoms with Gasteiger partial charge in [-0.2, -0.15) is 0 Å². The Morgan fingerprint density at radius 1 is 1.16 bits per heavy atom. The van der Waals surface area contributed by atoms with Crippen LogP contribution in [0.25, 0.3) is 0 Å². The van der Waals surface area contributed by atoms with Crippen LogP contribution in [0.1, 0.15) is 30.9 Å². The van der Waals surface area contributed by atoms with E-state index in [1.165, 1.54) is 11.1 Å². The minimum Gasteiger partial charge on any atom is -0.395 e. The van der Waals surface area contributed by atoms with Gasteiger partial charge < -0.3 is 5.11 Å². The highest BCUT2D eigenvalue weighted by molar-refractivity contribution is 5.20. The van der Waals surface area contributed by atoms with E-state index in [4.69, 9.17) is 5.11 Å². The Bertz CT molecular complexity index is 387. The van der Waals surface area contributed by atoms with Crippen LogP contribution >= 0.6 is 0 Å². The Morgan fingerprint density at radius 3 is 2.47 bits per heavy atom. The normalized spacial score (nSPS) is 18.1. The van der Waals surface area contributed by atoms with Gasteiger partial charge in [-0.1, -0.05) is 19.9 Å². The predicted molar refractivity (Wildman–Crippen MR) is 77.1 cm³/mol. The zero-order valence-electron chi connectivity index (χ0n) is 12.0. The van der Waals surface area contributed by atoms with Gasteiger partial charge in [-0.15, -0.1) is 0 Å². The van der Waals surface area contributed by atoms with Crippen molar-refractivity contribution in [1.29, 1.82) is 0 Å². The van der Waals surface area contributed by atoms with Crippen LogP contribution in [-0.4, -0.2) is 59.2 Å². The molecule has 0 radical (unpaired) electrons. The second-order valence-electron chi connectivity index (χ2n) is 5.62. The molecule has 0 aromatic carbocycles. The molecule has 0 atom stereocenters. The summed E-state index contributed by atoms with van der Waals surface area (Å²) in [6.45, 7) is 10.7. The van der Waals surface area contributed by atoms with Crippen molar-refractivity contribution in [3.8, 4) is 0 Å². The van der Waals surface area contributed by atoms with Crippen molar-refractivity contribution in [3.05, 3.63) is 29.6 Å². The number of hydrogen-bond acceptors (Lipinski definition) is 4. The molecule has 1 saturated heterocycles. The number of aliphatic hydroxyl groups is 1. The maximum atomic E-state index is 8.94. The van der Waals surface area contributed by atoms with Gasteiger partial charge in [0.2, 0.25) is 0 Å². The highest BCUT2D eigenvalue weighted by atomic mass is 16.3.